The number of fused-ring (bicyclic) bond motifs is 2. The molecule has 0 radical (unpaired) electrons. The zero-order chi connectivity index (χ0) is 15.2. The van der Waals surface area contributed by atoms with Gasteiger partial charge in [0, 0.05) is 11.8 Å². The number of nitrogens with zero attached hydrogens (tertiary/aromatic N) is 1. The molecule has 114 valence electrons. The van der Waals surface area contributed by atoms with E-state index in [9.17, 15) is 0 Å². The summed E-state index contributed by atoms with van der Waals surface area (Å²) in [4.78, 5) is 4.83. The van der Waals surface area contributed by atoms with E-state index in [1.807, 2.05) is 0 Å². The Morgan fingerprint density at radius 2 is 1.73 bits per heavy atom. The Morgan fingerprint density at radius 1 is 1.00 bits per heavy atom. The fourth-order valence-corrected chi connectivity index (χ4v) is 10.5. The van der Waals surface area contributed by atoms with E-state index in [0.717, 1.165) is 0 Å². The van der Waals surface area contributed by atoms with Crippen molar-refractivity contribution in [3.63, 3.8) is 0 Å². The highest BCUT2D eigenvalue weighted by Crippen LogP contribution is 2.44. The maximum atomic E-state index is 4.83. The topological polar surface area (TPSA) is 12.9 Å². The van der Waals surface area contributed by atoms with Crippen molar-refractivity contribution in [1.29, 1.82) is 0 Å². The summed E-state index contributed by atoms with van der Waals surface area (Å²) >= 11 is 0. The number of aromatic nitrogens is 1. The van der Waals surface area contributed by atoms with Crippen molar-refractivity contribution in [3.05, 3.63) is 48.2 Å². The van der Waals surface area contributed by atoms with Crippen molar-refractivity contribution in [1.82, 2.24) is 4.98 Å². The molecule has 1 fully saturated rings. The Balaban J connectivity index is 1.88. The predicted octanol–water partition coefficient (Wildman–Crippen LogP) is 4.88. The molecule has 2 heteroatoms. The minimum Gasteiger partial charge on any atom is -0.256 e. The van der Waals surface area contributed by atoms with Crippen LogP contribution in [-0.2, 0) is 5.41 Å². The van der Waals surface area contributed by atoms with E-state index in [4.69, 9.17) is 4.98 Å². The highest BCUT2D eigenvalue weighted by molar-refractivity contribution is 6.93. The lowest BCUT2D eigenvalue weighted by Gasteiger charge is -2.42. The lowest BCUT2D eigenvalue weighted by Crippen LogP contribution is -2.53. The summed E-state index contributed by atoms with van der Waals surface area (Å²) in [6.07, 6.45) is 6.48. The summed E-state index contributed by atoms with van der Waals surface area (Å²) in [5.74, 6) is 0. The molecule has 0 N–H and O–H groups in total. The summed E-state index contributed by atoms with van der Waals surface area (Å²) in [5.41, 5.74) is 4.30. The number of pyridine rings is 1. The molecule has 1 spiro atoms. The highest BCUT2D eigenvalue weighted by Gasteiger charge is 2.46. The molecular formula is C20H25NSi. The first-order valence-corrected chi connectivity index (χ1v) is 11.3. The van der Waals surface area contributed by atoms with Gasteiger partial charge in [0.05, 0.1) is 13.8 Å². The zero-order valence-electron chi connectivity index (χ0n) is 13.7. The average molecular weight is 308 g/mol. The second-order valence-corrected chi connectivity index (χ2v) is 12.5. The molecule has 3 heterocycles. The number of benzene rings is 1. The standard InChI is InChI=1S/C20H25NSi/c1-20(2)10-13-22(11-6-7-12-22)19-14-18(21-15-17(19)20)16-8-4-3-5-9-16/h3-5,8-9,14-15H,6-7,10-13H2,1-2H3. The van der Waals surface area contributed by atoms with Crippen LogP contribution in [0, 0.1) is 0 Å². The smallest absolute Gasteiger partial charge is 0.0873 e. The van der Waals surface area contributed by atoms with E-state index < -0.39 is 8.07 Å². The van der Waals surface area contributed by atoms with Crippen LogP contribution in [0.15, 0.2) is 42.6 Å². The third-order valence-electron chi connectivity index (χ3n) is 6.06. The van der Waals surface area contributed by atoms with Crippen LogP contribution < -0.4 is 5.19 Å². The minimum absolute atomic E-state index is 0.304. The Hall–Kier alpha value is -1.41. The normalized spacial score (nSPS) is 21.7. The van der Waals surface area contributed by atoms with Gasteiger partial charge >= 0.3 is 0 Å². The molecule has 0 amide bonds. The van der Waals surface area contributed by atoms with Gasteiger partial charge in [0.25, 0.3) is 0 Å². The van der Waals surface area contributed by atoms with Gasteiger partial charge in [-0.2, -0.15) is 0 Å². The lowest BCUT2D eigenvalue weighted by atomic mass is 9.82. The van der Waals surface area contributed by atoms with Crippen LogP contribution >= 0.6 is 0 Å². The monoisotopic (exact) mass is 307 g/mol. The lowest BCUT2D eigenvalue weighted by molar-refractivity contribution is 0.496. The number of rotatable bonds is 1. The maximum absolute atomic E-state index is 4.83. The SMILES string of the molecule is CC1(C)CC[Si]2(CCCC2)c2cc(-c3ccccc3)ncc21. The molecule has 4 rings (SSSR count). The van der Waals surface area contributed by atoms with E-state index in [1.165, 1.54) is 48.7 Å². The highest BCUT2D eigenvalue weighted by atomic mass is 28.3. The molecule has 1 aromatic carbocycles. The number of hydrogen-bond donors (Lipinski definition) is 0. The van der Waals surface area contributed by atoms with Gasteiger partial charge in [-0.1, -0.05) is 80.3 Å². The Morgan fingerprint density at radius 3 is 2.45 bits per heavy atom. The van der Waals surface area contributed by atoms with Crippen LogP contribution in [0.4, 0.5) is 0 Å². The van der Waals surface area contributed by atoms with Gasteiger partial charge in [-0.3, -0.25) is 4.98 Å². The van der Waals surface area contributed by atoms with Gasteiger partial charge < -0.3 is 0 Å². The first-order chi connectivity index (χ1) is 10.6. The maximum Gasteiger partial charge on any atom is 0.0873 e. The molecule has 2 aromatic rings. The molecule has 1 saturated heterocycles. The van der Waals surface area contributed by atoms with Crippen LogP contribution in [0.2, 0.25) is 18.1 Å². The second kappa shape index (κ2) is 5.06. The fraction of sp³-hybridized carbons (Fsp3) is 0.450. The Labute approximate surface area is 134 Å². The molecule has 2 aliphatic rings. The van der Waals surface area contributed by atoms with Gasteiger partial charge in [-0.05, 0) is 23.5 Å². The molecule has 0 aliphatic carbocycles. The molecule has 2 aliphatic heterocycles. The van der Waals surface area contributed by atoms with E-state index in [1.54, 1.807) is 10.8 Å². The van der Waals surface area contributed by atoms with Gasteiger partial charge in [0.15, 0.2) is 0 Å². The van der Waals surface area contributed by atoms with E-state index in [2.05, 4.69) is 56.4 Å². The molecule has 1 aromatic heterocycles. The Kier molecular flexibility index (Phi) is 3.26. The van der Waals surface area contributed by atoms with Crippen LogP contribution in [0.1, 0.15) is 38.7 Å². The summed E-state index contributed by atoms with van der Waals surface area (Å²) in [6, 6.07) is 17.7. The van der Waals surface area contributed by atoms with E-state index in [-0.39, 0.29) is 0 Å². The van der Waals surface area contributed by atoms with Crippen molar-refractivity contribution in [2.24, 2.45) is 0 Å². The van der Waals surface area contributed by atoms with E-state index in [0.29, 0.717) is 5.41 Å². The third-order valence-corrected chi connectivity index (χ3v) is 11.4. The summed E-state index contributed by atoms with van der Waals surface area (Å²) in [6.45, 7) is 4.82. The Bertz CT molecular complexity index is 684. The van der Waals surface area contributed by atoms with Gasteiger partial charge in [-0.15, -0.1) is 0 Å². The molecule has 22 heavy (non-hydrogen) atoms. The molecule has 1 nitrogen and oxygen atoms in total. The average Bonchev–Trinajstić information content (AvgIpc) is 3.02. The van der Waals surface area contributed by atoms with E-state index >= 15 is 0 Å². The van der Waals surface area contributed by atoms with Crippen molar-refractivity contribution < 1.29 is 0 Å². The first-order valence-electron chi connectivity index (χ1n) is 8.67. The van der Waals surface area contributed by atoms with Gasteiger partial charge in [-0.25, -0.2) is 0 Å². The zero-order valence-corrected chi connectivity index (χ0v) is 14.7. The van der Waals surface area contributed by atoms with Crippen LogP contribution in [0.5, 0.6) is 0 Å². The number of hydrogen-bond acceptors (Lipinski definition) is 1. The van der Waals surface area contributed by atoms with Crippen molar-refractivity contribution >= 4 is 13.3 Å². The summed E-state index contributed by atoms with van der Waals surface area (Å²) < 4.78 is 0. The van der Waals surface area contributed by atoms with Crippen molar-refractivity contribution in [2.45, 2.75) is 56.7 Å². The molecular weight excluding hydrogens is 282 g/mol. The quantitative estimate of drug-likeness (QED) is 0.684. The minimum atomic E-state index is -1.23. The van der Waals surface area contributed by atoms with Gasteiger partial charge in [0.2, 0.25) is 0 Å². The molecule has 0 bridgehead atoms. The molecule has 0 unspecified atom stereocenters. The van der Waals surface area contributed by atoms with Crippen LogP contribution in [-0.4, -0.2) is 13.1 Å². The summed E-state index contributed by atoms with van der Waals surface area (Å²) in [5, 5.41) is 1.75. The predicted molar refractivity (Wildman–Crippen MR) is 96.4 cm³/mol. The van der Waals surface area contributed by atoms with Gasteiger partial charge in [0.1, 0.15) is 0 Å². The first kappa shape index (κ1) is 14.2. The van der Waals surface area contributed by atoms with Crippen molar-refractivity contribution in [2.75, 3.05) is 0 Å². The second-order valence-electron chi connectivity index (χ2n) is 7.85. The fourth-order valence-electron chi connectivity index (χ4n) is 4.59. The summed E-state index contributed by atoms with van der Waals surface area (Å²) in [7, 11) is -1.23. The van der Waals surface area contributed by atoms with Crippen LogP contribution in [0.25, 0.3) is 11.3 Å². The van der Waals surface area contributed by atoms with Crippen molar-refractivity contribution in [3.8, 4) is 11.3 Å². The largest absolute Gasteiger partial charge is 0.256 e. The third kappa shape index (κ3) is 2.16. The molecule has 0 atom stereocenters. The molecule has 0 saturated carbocycles. The van der Waals surface area contributed by atoms with Crippen LogP contribution in [0.3, 0.4) is 0 Å².